The van der Waals surface area contributed by atoms with Crippen LogP contribution >= 0.6 is 27.3 Å². The van der Waals surface area contributed by atoms with Gasteiger partial charge < -0.3 is 0 Å². The summed E-state index contributed by atoms with van der Waals surface area (Å²) in [6, 6.07) is 3.86. The molecule has 0 radical (unpaired) electrons. The molecule has 0 atom stereocenters. The summed E-state index contributed by atoms with van der Waals surface area (Å²) in [6.45, 7) is 0. The molecular formula is C9H5BrN4S. The largest absolute Gasteiger partial charge is 0.265 e. The quantitative estimate of drug-likeness (QED) is 0.688. The van der Waals surface area contributed by atoms with Crippen LogP contribution in [0.25, 0.3) is 16.2 Å². The summed E-state index contributed by atoms with van der Waals surface area (Å²) in [7, 11) is 0. The van der Waals surface area contributed by atoms with E-state index in [1.165, 1.54) is 11.3 Å². The fourth-order valence-electron chi connectivity index (χ4n) is 1.34. The number of pyridine rings is 1. The van der Waals surface area contributed by atoms with Crippen molar-refractivity contribution in [3.05, 3.63) is 34.6 Å². The van der Waals surface area contributed by atoms with Gasteiger partial charge in [0.15, 0.2) is 3.92 Å². The molecule has 3 heterocycles. The zero-order valence-corrected chi connectivity index (χ0v) is 9.86. The second-order valence-electron chi connectivity index (χ2n) is 2.94. The van der Waals surface area contributed by atoms with Crippen molar-refractivity contribution in [1.29, 1.82) is 0 Å². The molecule has 0 N–H and O–H groups in total. The molecule has 74 valence electrons. The van der Waals surface area contributed by atoms with Crippen molar-refractivity contribution in [2.75, 3.05) is 0 Å². The van der Waals surface area contributed by atoms with Crippen molar-refractivity contribution in [3.63, 3.8) is 0 Å². The van der Waals surface area contributed by atoms with Crippen molar-refractivity contribution in [1.82, 2.24) is 19.6 Å². The Morgan fingerprint density at radius 2 is 2.07 bits per heavy atom. The lowest BCUT2D eigenvalue weighted by atomic mass is 10.2. The molecule has 0 bridgehead atoms. The molecule has 0 amide bonds. The Morgan fingerprint density at radius 1 is 1.27 bits per heavy atom. The topological polar surface area (TPSA) is 43.1 Å². The van der Waals surface area contributed by atoms with Gasteiger partial charge in [-0.3, -0.25) is 4.98 Å². The maximum Gasteiger partial charge on any atom is 0.213 e. The summed E-state index contributed by atoms with van der Waals surface area (Å²) in [6.07, 6.45) is 5.42. The van der Waals surface area contributed by atoms with Crippen LogP contribution in [0.15, 0.2) is 34.6 Å². The fourth-order valence-corrected chi connectivity index (χ4v) is 2.55. The fraction of sp³-hybridized carbons (Fsp3) is 0. The number of nitrogens with zero attached hydrogens (tertiary/aromatic N) is 4. The van der Waals surface area contributed by atoms with Crippen LogP contribution in [0.4, 0.5) is 0 Å². The number of imidazole rings is 1. The highest BCUT2D eigenvalue weighted by atomic mass is 79.9. The van der Waals surface area contributed by atoms with E-state index in [0.29, 0.717) is 0 Å². The zero-order valence-electron chi connectivity index (χ0n) is 7.46. The van der Waals surface area contributed by atoms with E-state index in [0.717, 1.165) is 20.1 Å². The van der Waals surface area contributed by atoms with Gasteiger partial charge in [0.1, 0.15) is 0 Å². The van der Waals surface area contributed by atoms with Crippen molar-refractivity contribution in [2.24, 2.45) is 0 Å². The summed E-state index contributed by atoms with van der Waals surface area (Å²) in [4.78, 5) is 9.32. The average molecular weight is 281 g/mol. The minimum atomic E-state index is 0.839. The van der Waals surface area contributed by atoms with Crippen molar-refractivity contribution in [2.45, 2.75) is 0 Å². The molecule has 0 aromatic carbocycles. The van der Waals surface area contributed by atoms with Gasteiger partial charge in [-0.1, -0.05) is 11.3 Å². The van der Waals surface area contributed by atoms with Crippen molar-refractivity contribution < 1.29 is 0 Å². The predicted octanol–water partition coefficient (Wildman–Crippen LogP) is 2.62. The third-order valence-corrected chi connectivity index (χ3v) is 3.35. The molecule has 0 aliphatic carbocycles. The summed E-state index contributed by atoms with van der Waals surface area (Å²) in [5.74, 6) is 0. The van der Waals surface area contributed by atoms with Crippen LogP contribution in [0, 0.1) is 0 Å². The summed E-state index contributed by atoms with van der Waals surface area (Å²) >= 11 is 4.83. The summed E-state index contributed by atoms with van der Waals surface area (Å²) in [5.41, 5.74) is 1.97. The number of hydrogen-bond acceptors (Lipinski definition) is 4. The van der Waals surface area contributed by atoms with Gasteiger partial charge in [0, 0.05) is 18.0 Å². The highest BCUT2D eigenvalue weighted by Crippen LogP contribution is 2.23. The SMILES string of the molecule is Brc1nn2cc(-c3ccncc3)nc2s1. The molecular weight excluding hydrogens is 276 g/mol. The molecule has 0 fully saturated rings. The molecule has 3 aromatic rings. The Morgan fingerprint density at radius 3 is 2.80 bits per heavy atom. The molecule has 6 heteroatoms. The van der Waals surface area contributed by atoms with Crippen LogP contribution in [0.2, 0.25) is 0 Å². The number of rotatable bonds is 1. The zero-order chi connectivity index (χ0) is 10.3. The highest BCUT2D eigenvalue weighted by Gasteiger charge is 2.07. The normalized spacial score (nSPS) is 11.0. The Bertz CT molecular complexity index is 569. The molecule has 3 rings (SSSR count). The second kappa shape index (κ2) is 3.39. The molecule has 0 aliphatic heterocycles. The second-order valence-corrected chi connectivity index (χ2v) is 5.18. The van der Waals surface area contributed by atoms with Crippen LogP contribution in [0.1, 0.15) is 0 Å². The predicted molar refractivity (Wildman–Crippen MR) is 61.8 cm³/mol. The van der Waals surface area contributed by atoms with Crippen LogP contribution in [0.3, 0.4) is 0 Å². The van der Waals surface area contributed by atoms with E-state index >= 15 is 0 Å². The Kier molecular flexibility index (Phi) is 2.03. The Hall–Kier alpha value is -1.27. The minimum absolute atomic E-state index is 0.839. The Labute approximate surface area is 97.7 Å². The molecule has 15 heavy (non-hydrogen) atoms. The maximum absolute atomic E-state index is 4.46. The van der Waals surface area contributed by atoms with E-state index < -0.39 is 0 Å². The number of halogens is 1. The minimum Gasteiger partial charge on any atom is -0.265 e. The van der Waals surface area contributed by atoms with E-state index in [9.17, 15) is 0 Å². The first-order valence-electron chi connectivity index (χ1n) is 4.25. The van der Waals surface area contributed by atoms with Crippen LogP contribution in [0.5, 0.6) is 0 Å². The van der Waals surface area contributed by atoms with E-state index in [4.69, 9.17) is 0 Å². The molecule has 4 nitrogen and oxygen atoms in total. The highest BCUT2D eigenvalue weighted by molar-refractivity contribution is 9.11. The average Bonchev–Trinajstić information content (AvgIpc) is 2.76. The van der Waals surface area contributed by atoms with Crippen LogP contribution in [-0.2, 0) is 0 Å². The molecule has 0 saturated carbocycles. The van der Waals surface area contributed by atoms with E-state index in [-0.39, 0.29) is 0 Å². The molecule has 0 spiro atoms. The number of fused-ring (bicyclic) bond motifs is 1. The molecule has 0 aliphatic rings. The summed E-state index contributed by atoms with van der Waals surface area (Å²) in [5, 5.41) is 4.23. The first kappa shape index (κ1) is 8.99. The molecule has 0 saturated heterocycles. The van der Waals surface area contributed by atoms with Crippen LogP contribution in [-0.4, -0.2) is 19.6 Å². The van der Waals surface area contributed by atoms with Gasteiger partial charge in [-0.15, -0.1) is 5.10 Å². The van der Waals surface area contributed by atoms with Crippen molar-refractivity contribution in [3.8, 4) is 11.3 Å². The lowest BCUT2D eigenvalue weighted by Crippen LogP contribution is -1.79. The molecule has 3 aromatic heterocycles. The van der Waals surface area contributed by atoms with Crippen LogP contribution < -0.4 is 0 Å². The van der Waals surface area contributed by atoms with Gasteiger partial charge in [0.25, 0.3) is 0 Å². The van der Waals surface area contributed by atoms with Gasteiger partial charge in [-0.25, -0.2) is 9.50 Å². The van der Waals surface area contributed by atoms with Gasteiger partial charge >= 0.3 is 0 Å². The van der Waals surface area contributed by atoms with Gasteiger partial charge in [-0.2, -0.15) is 0 Å². The van der Waals surface area contributed by atoms with Gasteiger partial charge in [0.05, 0.1) is 11.9 Å². The lowest BCUT2D eigenvalue weighted by molar-refractivity contribution is 0.959. The first-order chi connectivity index (χ1) is 7.33. The maximum atomic E-state index is 4.46. The monoisotopic (exact) mass is 280 g/mol. The standard InChI is InChI=1S/C9H5BrN4S/c10-8-13-14-5-7(12-9(14)15-8)6-1-3-11-4-2-6/h1-5H. The molecule has 0 unspecified atom stereocenters. The van der Waals surface area contributed by atoms with Gasteiger partial charge in [0.2, 0.25) is 4.96 Å². The third-order valence-electron chi connectivity index (χ3n) is 1.99. The van der Waals surface area contributed by atoms with Gasteiger partial charge in [-0.05, 0) is 28.1 Å². The summed E-state index contributed by atoms with van der Waals surface area (Å²) < 4.78 is 2.61. The van der Waals surface area contributed by atoms with Crippen molar-refractivity contribution >= 4 is 32.2 Å². The van der Waals surface area contributed by atoms with E-state index in [1.54, 1.807) is 16.9 Å². The number of aromatic nitrogens is 4. The van der Waals surface area contributed by atoms with E-state index in [1.807, 2.05) is 18.3 Å². The first-order valence-corrected chi connectivity index (χ1v) is 5.86. The number of hydrogen-bond donors (Lipinski definition) is 0. The van der Waals surface area contributed by atoms with E-state index in [2.05, 4.69) is 31.0 Å². The smallest absolute Gasteiger partial charge is 0.213 e. The lowest BCUT2D eigenvalue weighted by Gasteiger charge is -1.92. The Balaban J connectivity index is 2.16. The third kappa shape index (κ3) is 1.55.